The topological polar surface area (TPSA) is 47.1 Å². The van der Waals surface area contributed by atoms with Crippen LogP contribution in [0.2, 0.25) is 0 Å². The highest BCUT2D eigenvalue weighted by atomic mass is 19.1. The molecule has 17 heavy (non-hydrogen) atoms. The van der Waals surface area contributed by atoms with E-state index in [-0.39, 0.29) is 5.82 Å². The number of hydrogen-bond acceptors (Lipinski definition) is 3. The van der Waals surface area contributed by atoms with Gasteiger partial charge in [0.05, 0.1) is 5.69 Å². The van der Waals surface area contributed by atoms with Gasteiger partial charge in [0.2, 0.25) is 0 Å². The van der Waals surface area contributed by atoms with Gasteiger partial charge in [-0.05, 0) is 19.2 Å². The van der Waals surface area contributed by atoms with Gasteiger partial charge in [0, 0.05) is 18.7 Å². The van der Waals surface area contributed by atoms with Crippen molar-refractivity contribution in [2.75, 3.05) is 12.8 Å². The fraction of sp³-hybridized carbons (Fsp3) is 0.250. The van der Waals surface area contributed by atoms with Crippen LogP contribution < -0.4 is 5.73 Å². The maximum Gasteiger partial charge on any atom is 0.148 e. The van der Waals surface area contributed by atoms with Crippen molar-refractivity contribution >= 4 is 5.82 Å². The van der Waals surface area contributed by atoms with E-state index in [0.29, 0.717) is 11.5 Å². The summed E-state index contributed by atoms with van der Waals surface area (Å²) in [6.07, 6.45) is 0. The zero-order valence-electron chi connectivity index (χ0n) is 9.52. The SMILES string of the molecule is CN1Cc2nn(-c3ccccc3F)c(N)c2C1. The maximum absolute atomic E-state index is 13.7. The second-order valence-corrected chi connectivity index (χ2v) is 4.35. The fourth-order valence-electron chi connectivity index (χ4n) is 2.20. The summed E-state index contributed by atoms with van der Waals surface area (Å²) in [6.45, 7) is 1.54. The molecule has 0 aliphatic carbocycles. The summed E-state index contributed by atoms with van der Waals surface area (Å²) in [5, 5.41) is 4.38. The van der Waals surface area contributed by atoms with Gasteiger partial charge in [-0.25, -0.2) is 9.07 Å². The van der Waals surface area contributed by atoms with Crippen molar-refractivity contribution in [2.24, 2.45) is 0 Å². The van der Waals surface area contributed by atoms with Gasteiger partial charge in [0.1, 0.15) is 17.3 Å². The Morgan fingerprint density at radius 1 is 1.29 bits per heavy atom. The van der Waals surface area contributed by atoms with E-state index in [0.717, 1.165) is 24.3 Å². The summed E-state index contributed by atoms with van der Waals surface area (Å²) in [5.74, 6) is 0.225. The molecule has 1 aromatic heterocycles. The number of nitrogen functional groups attached to an aromatic ring is 1. The van der Waals surface area contributed by atoms with Gasteiger partial charge in [-0.3, -0.25) is 4.90 Å². The number of hydrogen-bond donors (Lipinski definition) is 1. The molecule has 0 bridgehead atoms. The minimum Gasteiger partial charge on any atom is -0.383 e. The van der Waals surface area contributed by atoms with Crippen molar-refractivity contribution in [3.63, 3.8) is 0 Å². The molecule has 1 aliphatic heterocycles. The summed E-state index contributed by atoms with van der Waals surface area (Å²) in [6, 6.07) is 6.52. The van der Waals surface area contributed by atoms with Gasteiger partial charge < -0.3 is 5.73 Å². The molecule has 0 unspecified atom stereocenters. The van der Waals surface area contributed by atoms with Gasteiger partial charge >= 0.3 is 0 Å². The Kier molecular flexibility index (Phi) is 2.16. The lowest BCUT2D eigenvalue weighted by molar-refractivity contribution is 0.348. The Hall–Kier alpha value is -1.88. The third-order valence-electron chi connectivity index (χ3n) is 3.03. The van der Waals surface area contributed by atoms with Gasteiger partial charge in [0.25, 0.3) is 0 Å². The molecule has 1 aliphatic rings. The van der Waals surface area contributed by atoms with Crippen molar-refractivity contribution in [1.29, 1.82) is 0 Å². The smallest absolute Gasteiger partial charge is 0.148 e. The fourth-order valence-corrected chi connectivity index (χ4v) is 2.20. The Morgan fingerprint density at radius 2 is 2.06 bits per heavy atom. The van der Waals surface area contributed by atoms with Crippen LogP contribution in [0.25, 0.3) is 5.69 Å². The first-order chi connectivity index (χ1) is 8.16. The lowest BCUT2D eigenvalue weighted by atomic mass is 10.2. The molecule has 0 radical (unpaired) electrons. The molecular formula is C12H13FN4. The molecule has 0 spiro atoms. The summed E-state index contributed by atoms with van der Waals surface area (Å²) in [7, 11) is 2.01. The predicted molar refractivity (Wildman–Crippen MR) is 63.1 cm³/mol. The van der Waals surface area contributed by atoms with Crippen LogP contribution in [0, 0.1) is 5.82 Å². The number of halogens is 1. The summed E-state index contributed by atoms with van der Waals surface area (Å²) in [4.78, 5) is 2.12. The van der Waals surface area contributed by atoms with Crippen LogP contribution in [0.15, 0.2) is 24.3 Å². The average molecular weight is 232 g/mol. The minimum absolute atomic E-state index is 0.311. The first kappa shape index (κ1) is 10.3. The third kappa shape index (κ3) is 1.51. The van der Waals surface area contributed by atoms with Crippen molar-refractivity contribution in [3.05, 3.63) is 41.3 Å². The van der Waals surface area contributed by atoms with Crippen LogP contribution in [-0.4, -0.2) is 21.7 Å². The second kappa shape index (κ2) is 3.56. The number of aromatic nitrogens is 2. The second-order valence-electron chi connectivity index (χ2n) is 4.35. The van der Waals surface area contributed by atoms with Crippen molar-refractivity contribution in [2.45, 2.75) is 13.1 Å². The monoisotopic (exact) mass is 232 g/mol. The minimum atomic E-state index is -0.311. The highest BCUT2D eigenvalue weighted by Crippen LogP contribution is 2.28. The number of para-hydroxylation sites is 1. The lowest BCUT2D eigenvalue weighted by Gasteiger charge is -2.09. The molecule has 0 fully saturated rings. The zero-order chi connectivity index (χ0) is 12.0. The summed E-state index contributed by atoms with van der Waals surface area (Å²) >= 11 is 0. The number of benzene rings is 1. The number of nitrogens with zero attached hydrogens (tertiary/aromatic N) is 3. The number of anilines is 1. The van der Waals surface area contributed by atoms with Crippen LogP contribution in [0.4, 0.5) is 10.2 Å². The largest absolute Gasteiger partial charge is 0.383 e. The molecule has 0 atom stereocenters. The van der Waals surface area contributed by atoms with E-state index in [1.165, 1.54) is 10.7 Å². The molecule has 88 valence electrons. The third-order valence-corrected chi connectivity index (χ3v) is 3.03. The van der Waals surface area contributed by atoms with E-state index in [9.17, 15) is 4.39 Å². The Bertz CT molecular complexity index is 576. The van der Waals surface area contributed by atoms with Crippen molar-refractivity contribution in [1.82, 2.24) is 14.7 Å². The summed E-state index contributed by atoms with van der Waals surface area (Å²) < 4.78 is 15.2. The van der Waals surface area contributed by atoms with Gasteiger partial charge in [-0.15, -0.1) is 0 Å². The number of rotatable bonds is 1. The lowest BCUT2D eigenvalue weighted by Crippen LogP contribution is -2.12. The van der Waals surface area contributed by atoms with Crippen molar-refractivity contribution < 1.29 is 4.39 Å². The molecule has 2 aromatic rings. The molecule has 5 heteroatoms. The highest BCUT2D eigenvalue weighted by Gasteiger charge is 2.25. The average Bonchev–Trinajstić information content (AvgIpc) is 2.79. The first-order valence-corrected chi connectivity index (χ1v) is 5.46. The predicted octanol–water partition coefficient (Wildman–Crippen LogP) is 1.54. The van der Waals surface area contributed by atoms with E-state index in [1.54, 1.807) is 18.2 Å². The molecule has 0 saturated heterocycles. The Labute approximate surface area is 98.4 Å². The Morgan fingerprint density at radius 3 is 2.76 bits per heavy atom. The van der Waals surface area contributed by atoms with Gasteiger partial charge in [0.15, 0.2) is 0 Å². The molecule has 2 N–H and O–H groups in total. The van der Waals surface area contributed by atoms with Crippen molar-refractivity contribution in [3.8, 4) is 5.69 Å². The maximum atomic E-state index is 13.7. The Balaban J connectivity index is 2.13. The van der Waals surface area contributed by atoms with E-state index >= 15 is 0 Å². The zero-order valence-corrected chi connectivity index (χ0v) is 9.52. The number of fused-ring (bicyclic) bond motifs is 1. The van der Waals surface area contributed by atoms with Crippen LogP contribution in [0.5, 0.6) is 0 Å². The van der Waals surface area contributed by atoms with E-state index in [4.69, 9.17) is 5.73 Å². The normalized spacial score (nSPS) is 15.2. The van der Waals surface area contributed by atoms with Crippen LogP contribution >= 0.6 is 0 Å². The van der Waals surface area contributed by atoms with E-state index < -0.39 is 0 Å². The first-order valence-electron chi connectivity index (χ1n) is 5.46. The molecule has 0 saturated carbocycles. The van der Waals surface area contributed by atoms with Gasteiger partial charge in [-0.2, -0.15) is 5.10 Å². The van der Waals surface area contributed by atoms with Gasteiger partial charge in [-0.1, -0.05) is 12.1 Å². The van der Waals surface area contributed by atoms with E-state index in [1.807, 2.05) is 7.05 Å². The number of nitrogens with two attached hydrogens (primary N) is 1. The van der Waals surface area contributed by atoms with Crippen LogP contribution in [0.1, 0.15) is 11.3 Å². The molecular weight excluding hydrogens is 219 g/mol. The molecule has 3 rings (SSSR count). The molecule has 0 amide bonds. The quantitative estimate of drug-likeness (QED) is 0.811. The molecule has 4 nitrogen and oxygen atoms in total. The molecule has 2 heterocycles. The van der Waals surface area contributed by atoms with E-state index in [2.05, 4.69) is 10.00 Å². The molecule has 1 aromatic carbocycles. The van der Waals surface area contributed by atoms with Crippen LogP contribution in [-0.2, 0) is 13.1 Å². The van der Waals surface area contributed by atoms with Crippen LogP contribution in [0.3, 0.4) is 0 Å². The highest BCUT2D eigenvalue weighted by molar-refractivity contribution is 5.51. The standard InChI is InChI=1S/C12H13FN4/c1-16-6-8-10(7-16)15-17(12(8)14)11-5-3-2-4-9(11)13/h2-5H,6-7,14H2,1H3. The summed E-state index contributed by atoms with van der Waals surface area (Å²) in [5.41, 5.74) is 8.38.